The van der Waals surface area contributed by atoms with Crippen molar-refractivity contribution in [3.05, 3.63) is 118 Å². The molecule has 0 aliphatic rings. The second-order valence-corrected chi connectivity index (χ2v) is 9.97. The number of ether oxygens (including phenoxy) is 1. The summed E-state index contributed by atoms with van der Waals surface area (Å²) in [6.45, 7) is 14.1. The van der Waals surface area contributed by atoms with Crippen molar-refractivity contribution in [2.45, 2.75) is 93.0 Å². The molecule has 1 atom stereocenters. The molecule has 2 rings (SSSR count). The Labute approximate surface area is 221 Å². The monoisotopic (exact) mass is 488 g/mol. The van der Waals surface area contributed by atoms with E-state index in [1.165, 1.54) is 33.4 Å². The maximum Gasteiger partial charge on any atom is 0.0757 e. The molecule has 0 amide bonds. The van der Waals surface area contributed by atoms with Crippen LogP contribution in [0, 0.1) is 0 Å². The molecule has 1 N–H and O–H groups in total. The molecular weight excluding hydrogens is 440 g/mol. The van der Waals surface area contributed by atoms with Crippen LogP contribution in [-0.4, -0.2) is 11.2 Å². The van der Waals surface area contributed by atoms with E-state index < -0.39 is 0 Å². The molecule has 0 aromatic heterocycles. The van der Waals surface area contributed by atoms with Gasteiger partial charge in [-0.3, -0.25) is 0 Å². The van der Waals surface area contributed by atoms with Gasteiger partial charge in [0.25, 0.3) is 0 Å². The third-order valence-corrected chi connectivity index (χ3v) is 5.59. The third kappa shape index (κ3) is 17.7. The Kier molecular flexibility index (Phi) is 17.0. The molecular formula is C34H48O2. The van der Waals surface area contributed by atoms with E-state index in [1.54, 1.807) is 0 Å². The fourth-order valence-corrected chi connectivity index (χ4v) is 3.52. The zero-order valence-corrected chi connectivity index (χ0v) is 23.5. The SMILES string of the molecule is CC(C)=CCC/C(C)=C\C(O)C/C=C(\C)CCC=C(C)C.c1ccc(COCc2ccccc2)cc1. The fourth-order valence-electron chi connectivity index (χ4n) is 3.52. The normalized spacial score (nSPS) is 12.3. The van der Waals surface area contributed by atoms with Gasteiger partial charge < -0.3 is 9.84 Å². The Bertz CT molecular complexity index is 902. The molecule has 0 radical (unpaired) electrons. The molecule has 196 valence electrons. The summed E-state index contributed by atoms with van der Waals surface area (Å²) in [6, 6.07) is 20.4. The molecule has 2 aromatic carbocycles. The maximum absolute atomic E-state index is 10.0. The summed E-state index contributed by atoms with van der Waals surface area (Å²) < 4.78 is 5.61. The summed E-state index contributed by atoms with van der Waals surface area (Å²) in [5, 5.41) is 10.0. The average molecular weight is 489 g/mol. The number of aliphatic hydroxyl groups excluding tert-OH is 1. The van der Waals surface area contributed by atoms with E-state index in [9.17, 15) is 5.11 Å². The summed E-state index contributed by atoms with van der Waals surface area (Å²) in [5.74, 6) is 0. The first-order valence-electron chi connectivity index (χ1n) is 13.2. The highest BCUT2D eigenvalue weighted by molar-refractivity contribution is 5.15. The van der Waals surface area contributed by atoms with Gasteiger partial charge >= 0.3 is 0 Å². The van der Waals surface area contributed by atoms with Crippen molar-refractivity contribution in [2.75, 3.05) is 0 Å². The Morgan fingerprint density at radius 2 is 1.11 bits per heavy atom. The lowest BCUT2D eigenvalue weighted by Crippen LogP contribution is -2.01. The van der Waals surface area contributed by atoms with Crippen molar-refractivity contribution >= 4 is 0 Å². The zero-order chi connectivity index (χ0) is 26.6. The molecule has 0 saturated heterocycles. The van der Waals surface area contributed by atoms with E-state index in [-0.39, 0.29) is 6.10 Å². The van der Waals surface area contributed by atoms with Crippen molar-refractivity contribution < 1.29 is 9.84 Å². The van der Waals surface area contributed by atoms with E-state index in [0.717, 1.165) is 32.1 Å². The topological polar surface area (TPSA) is 29.5 Å². The van der Waals surface area contributed by atoms with Crippen LogP contribution in [0.3, 0.4) is 0 Å². The van der Waals surface area contributed by atoms with Gasteiger partial charge in [-0.15, -0.1) is 0 Å². The van der Waals surface area contributed by atoms with Crippen molar-refractivity contribution in [3.63, 3.8) is 0 Å². The zero-order valence-electron chi connectivity index (χ0n) is 23.5. The Morgan fingerprint density at radius 3 is 1.56 bits per heavy atom. The number of hydrogen-bond donors (Lipinski definition) is 1. The molecule has 0 saturated carbocycles. The van der Waals surface area contributed by atoms with E-state index in [2.05, 4.69) is 84.0 Å². The van der Waals surface area contributed by atoms with Gasteiger partial charge in [-0.25, -0.2) is 0 Å². The van der Waals surface area contributed by atoms with Gasteiger partial charge in [-0.2, -0.15) is 0 Å². The highest BCUT2D eigenvalue weighted by Gasteiger charge is 2.00. The molecule has 2 nitrogen and oxygen atoms in total. The quantitative estimate of drug-likeness (QED) is 0.284. The number of aliphatic hydroxyl groups is 1. The molecule has 0 bridgehead atoms. The van der Waals surface area contributed by atoms with Gasteiger partial charge in [0.05, 0.1) is 19.3 Å². The lowest BCUT2D eigenvalue weighted by Gasteiger charge is -2.06. The van der Waals surface area contributed by atoms with Crippen molar-refractivity contribution in [2.24, 2.45) is 0 Å². The number of benzene rings is 2. The van der Waals surface area contributed by atoms with Gasteiger partial charge in [-0.1, -0.05) is 107 Å². The molecule has 0 heterocycles. The van der Waals surface area contributed by atoms with E-state index >= 15 is 0 Å². The van der Waals surface area contributed by atoms with Crippen molar-refractivity contribution in [3.8, 4) is 0 Å². The van der Waals surface area contributed by atoms with Crippen LogP contribution in [0.2, 0.25) is 0 Å². The maximum atomic E-state index is 10.0. The first kappa shape index (κ1) is 31.4. The summed E-state index contributed by atoms with van der Waals surface area (Å²) in [5.41, 5.74) is 7.80. The minimum atomic E-state index is -0.352. The molecule has 0 spiro atoms. The molecule has 0 fully saturated rings. The van der Waals surface area contributed by atoms with Crippen LogP contribution in [0.1, 0.15) is 84.8 Å². The lowest BCUT2D eigenvalue weighted by atomic mass is 10.0. The van der Waals surface area contributed by atoms with Gasteiger partial charge in [0.2, 0.25) is 0 Å². The van der Waals surface area contributed by atoms with Gasteiger partial charge in [0.1, 0.15) is 0 Å². The van der Waals surface area contributed by atoms with Gasteiger partial charge in [0, 0.05) is 0 Å². The average Bonchev–Trinajstić information content (AvgIpc) is 2.84. The standard InChI is InChI=1S/C20H34O.C14H14O/c1-16(2)9-7-11-18(5)13-14-20(21)15-19(6)12-8-10-17(3)4;1-3-7-13(8-4-1)11-15-12-14-9-5-2-6-10-14/h9-10,13,15,20-21H,7-8,11-12,14H2,1-6H3;1-10H,11-12H2/b18-13+,19-15-;. The van der Waals surface area contributed by atoms with Crippen LogP contribution in [0.25, 0.3) is 0 Å². The minimum absolute atomic E-state index is 0.352. The summed E-state index contributed by atoms with van der Waals surface area (Å²) >= 11 is 0. The Morgan fingerprint density at radius 1 is 0.667 bits per heavy atom. The first-order valence-corrected chi connectivity index (χ1v) is 13.2. The number of allylic oxidation sites excluding steroid dienone is 6. The molecule has 0 aliphatic heterocycles. The van der Waals surface area contributed by atoms with Crippen LogP contribution >= 0.6 is 0 Å². The molecule has 2 heteroatoms. The van der Waals surface area contributed by atoms with Crippen LogP contribution in [-0.2, 0) is 18.0 Å². The predicted molar refractivity (Wildman–Crippen MR) is 157 cm³/mol. The number of rotatable bonds is 13. The van der Waals surface area contributed by atoms with Crippen LogP contribution in [0.4, 0.5) is 0 Å². The lowest BCUT2D eigenvalue weighted by molar-refractivity contribution is 0.107. The Hall–Kier alpha value is -2.68. The summed E-state index contributed by atoms with van der Waals surface area (Å²) in [4.78, 5) is 0. The summed E-state index contributed by atoms with van der Waals surface area (Å²) in [6.07, 6.45) is 13.3. The smallest absolute Gasteiger partial charge is 0.0757 e. The second kappa shape index (κ2) is 19.5. The highest BCUT2D eigenvalue weighted by atomic mass is 16.5. The van der Waals surface area contributed by atoms with Crippen LogP contribution in [0.15, 0.2) is 107 Å². The third-order valence-electron chi connectivity index (χ3n) is 5.59. The predicted octanol–water partition coefficient (Wildman–Crippen LogP) is 9.53. The van der Waals surface area contributed by atoms with Gasteiger partial charge in [0.15, 0.2) is 0 Å². The second-order valence-electron chi connectivity index (χ2n) is 9.97. The number of hydrogen-bond acceptors (Lipinski definition) is 2. The largest absolute Gasteiger partial charge is 0.389 e. The van der Waals surface area contributed by atoms with E-state index in [1.807, 2.05) is 42.5 Å². The highest BCUT2D eigenvalue weighted by Crippen LogP contribution is 2.12. The molecule has 36 heavy (non-hydrogen) atoms. The van der Waals surface area contributed by atoms with E-state index in [0.29, 0.717) is 13.2 Å². The van der Waals surface area contributed by atoms with Gasteiger partial charge in [-0.05, 0) is 84.8 Å². The van der Waals surface area contributed by atoms with Crippen molar-refractivity contribution in [1.82, 2.24) is 0 Å². The fraction of sp³-hybridized carbons (Fsp3) is 0.412. The first-order chi connectivity index (χ1) is 17.3. The minimum Gasteiger partial charge on any atom is -0.389 e. The molecule has 1 unspecified atom stereocenters. The van der Waals surface area contributed by atoms with Crippen LogP contribution < -0.4 is 0 Å². The molecule has 0 aliphatic carbocycles. The van der Waals surface area contributed by atoms with Crippen molar-refractivity contribution in [1.29, 1.82) is 0 Å². The van der Waals surface area contributed by atoms with Crippen LogP contribution in [0.5, 0.6) is 0 Å². The molecule has 2 aromatic rings. The van der Waals surface area contributed by atoms with E-state index in [4.69, 9.17) is 4.74 Å². The Balaban J connectivity index is 0.000000377. The summed E-state index contributed by atoms with van der Waals surface area (Å²) in [7, 11) is 0.